The van der Waals surface area contributed by atoms with E-state index in [1.54, 1.807) is 50.6 Å². The number of hydrazone groups is 1. The predicted octanol–water partition coefficient (Wildman–Crippen LogP) is 4.32. The largest absolute Gasteiger partial charge is 0.497 e. The third kappa shape index (κ3) is 6.66. The Kier molecular flexibility index (Phi) is 8.23. The first-order valence-corrected chi connectivity index (χ1v) is 8.91. The van der Waals surface area contributed by atoms with E-state index in [1.807, 2.05) is 0 Å². The Morgan fingerprint density at radius 1 is 1.11 bits per heavy atom. The molecule has 2 aromatic rings. The van der Waals surface area contributed by atoms with Crippen molar-refractivity contribution < 1.29 is 19.0 Å². The lowest BCUT2D eigenvalue weighted by molar-refractivity contribution is -0.121. The van der Waals surface area contributed by atoms with Crippen molar-refractivity contribution in [2.75, 3.05) is 20.8 Å². The van der Waals surface area contributed by atoms with Crippen molar-refractivity contribution in [3.63, 3.8) is 0 Å². The Bertz CT molecular complexity index is 812. The van der Waals surface area contributed by atoms with Crippen molar-refractivity contribution in [2.45, 2.75) is 12.8 Å². The molecule has 0 unspecified atom stereocenters. The summed E-state index contributed by atoms with van der Waals surface area (Å²) < 4.78 is 15.9. The molecule has 1 N–H and O–H groups in total. The van der Waals surface area contributed by atoms with Gasteiger partial charge >= 0.3 is 0 Å². The van der Waals surface area contributed by atoms with E-state index in [9.17, 15) is 4.79 Å². The molecule has 0 spiro atoms. The molecule has 144 valence electrons. The van der Waals surface area contributed by atoms with Crippen LogP contribution in [0.5, 0.6) is 17.2 Å². The van der Waals surface area contributed by atoms with E-state index in [0.29, 0.717) is 40.3 Å². The zero-order chi connectivity index (χ0) is 19.6. The fourth-order valence-electron chi connectivity index (χ4n) is 2.16. The Balaban J connectivity index is 1.75. The van der Waals surface area contributed by atoms with Crippen molar-refractivity contribution >= 4 is 35.3 Å². The van der Waals surface area contributed by atoms with Gasteiger partial charge in [0.15, 0.2) is 0 Å². The minimum absolute atomic E-state index is 0.218. The predicted molar refractivity (Wildman–Crippen MR) is 106 cm³/mol. The fraction of sp³-hybridized carbons (Fsp3) is 0.263. The summed E-state index contributed by atoms with van der Waals surface area (Å²) in [7, 11) is 3.13. The molecule has 0 heterocycles. The zero-order valence-electron chi connectivity index (χ0n) is 15.0. The molecule has 2 aromatic carbocycles. The molecule has 1 amide bonds. The number of methoxy groups -OCH3 is 2. The maximum Gasteiger partial charge on any atom is 0.240 e. The maximum absolute atomic E-state index is 11.8. The van der Waals surface area contributed by atoms with E-state index < -0.39 is 0 Å². The first-order chi connectivity index (χ1) is 13.0. The van der Waals surface area contributed by atoms with Gasteiger partial charge in [0.05, 0.1) is 32.1 Å². The second-order valence-electron chi connectivity index (χ2n) is 5.43. The molecule has 0 atom stereocenters. The summed E-state index contributed by atoms with van der Waals surface area (Å²) in [5.74, 6) is 1.59. The van der Waals surface area contributed by atoms with Gasteiger partial charge in [0.25, 0.3) is 0 Å². The second kappa shape index (κ2) is 10.6. The molecule has 0 bridgehead atoms. The van der Waals surface area contributed by atoms with Crippen LogP contribution in [0.2, 0.25) is 10.0 Å². The Morgan fingerprint density at radius 2 is 1.93 bits per heavy atom. The fourth-order valence-corrected chi connectivity index (χ4v) is 2.62. The first-order valence-electron chi connectivity index (χ1n) is 8.15. The van der Waals surface area contributed by atoms with Crippen molar-refractivity contribution in [1.29, 1.82) is 0 Å². The lowest BCUT2D eigenvalue weighted by Gasteiger charge is -2.08. The standard InChI is InChI=1S/C19H20Cl2N2O4/c1-25-15-7-5-13(18(11-15)26-2)12-22-23-19(24)4-3-9-27-17-8-6-14(20)10-16(17)21/h5-8,10-12H,3-4,9H2,1-2H3,(H,23,24)/b22-12-. The van der Waals surface area contributed by atoms with E-state index in [1.165, 1.54) is 6.21 Å². The Hall–Kier alpha value is -2.44. The van der Waals surface area contributed by atoms with E-state index in [0.717, 1.165) is 5.56 Å². The van der Waals surface area contributed by atoms with E-state index >= 15 is 0 Å². The van der Waals surface area contributed by atoms with E-state index in [-0.39, 0.29) is 12.3 Å². The number of carbonyl (C=O) groups is 1. The minimum atomic E-state index is -0.218. The number of nitrogens with zero attached hydrogens (tertiary/aromatic N) is 1. The highest BCUT2D eigenvalue weighted by Gasteiger charge is 2.05. The first kappa shape index (κ1) is 20.9. The molecule has 8 heteroatoms. The summed E-state index contributed by atoms with van der Waals surface area (Å²) in [6.07, 6.45) is 2.30. The summed E-state index contributed by atoms with van der Waals surface area (Å²) in [4.78, 5) is 11.8. The molecule has 0 aliphatic heterocycles. The minimum Gasteiger partial charge on any atom is -0.497 e. The molecule has 6 nitrogen and oxygen atoms in total. The topological polar surface area (TPSA) is 69.2 Å². The number of rotatable bonds is 9. The number of benzene rings is 2. The molecule has 0 fully saturated rings. The zero-order valence-corrected chi connectivity index (χ0v) is 16.5. The molecule has 2 rings (SSSR count). The van der Waals surface area contributed by atoms with E-state index in [4.69, 9.17) is 37.4 Å². The van der Waals surface area contributed by atoms with Crippen molar-refractivity contribution in [1.82, 2.24) is 5.43 Å². The normalized spacial score (nSPS) is 10.7. The van der Waals surface area contributed by atoms with Crippen molar-refractivity contribution in [3.05, 3.63) is 52.0 Å². The molecular weight excluding hydrogens is 391 g/mol. The molecule has 0 aliphatic rings. The number of ether oxygens (including phenoxy) is 3. The van der Waals surface area contributed by atoms with Gasteiger partial charge in [-0.1, -0.05) is 23.2 Å². The molecule has 0 saturated carbocycles. The summed E-state index contributed by atoms with van der Waals surface area (Å²) in [6, 6.07) is 10.3. The molecule has 0 radical (unpaired) electrons. The summed E-state index contributed by atoms with van der Waals surface area (Å²) in [5, 5.41) is 4.92. The number of carbonyl (C=O) groups excluding carboxylic acids is 1. The lowest BCUT2D eigenvalue weighted by atomic mass is 10.2. The third-order valence-electron chi connectivity index (χ3n) is 3.53. The molecule has 0 aromatic heterocycles. The van der Waals surface area contributed by atoms with Crippen LogP contribution in [0.3, 0.4) is 0 Å². The van der Waals surface area contributed by atoms with Crippen LogP contribution in [0.25, 0.3) is 0 Å². The third-order valence-corrected chi connectivity index (χ3v) is 4.06. The quantitative estimate of drug-likeness (QED) is 0.379. The molecule has 0 saturated heterocycles. The van der Waals surface area contributed by atoms with Crippen LogP contribution in [0.15, 0.2) is 41.5 Å². The van der Waals surface area contributed by atoms with Crippen molar-refractivity contribution in [3.8, 4) is 17.2 Å². The number of halogens is 2. The van der Waals surface area contributed by atoms with Crippen LogP contribution < -0.4 is 19.6 Å². The van der Waals surface area contributed by atoms with Crippen molar-refractivity contribution in [2.24, 2.45) is 5.10 Å². The van der Waals surface area contributed by atoms with Gasteiger partial charge in [-0.05, 0) is 36.8 Å². The highest BCUT2D eigenvalue weighted by molar-refractivity contribution is 6.35. The average molecular weight is 411 g/mol. The number of hydrogen-bond donors (Lipinski definition) is 1. The summed E-state index contributed by atoms with van der Waals surface area (Å²) in [6.45, 7) is 0.352. The van der Waals surface area contributed by atoms with Crippen LogP contribution in [0, 0.1) is 0 Å². The number of amides is 1. The van der Waals surface area contributed by atoms with Gasteiger partial charge in [-0.15, -0.1) is 0 Å². The number of hydrogen-bond acceptors (Lipinski definition) is 5. The van der Waals surface area contributed by atoms with Gasteiger partial charge in [-0.25, -0.2) is 5.43 Å². The average Bonchev–Trinajstić information content (AvgIpc) is 2.66. The van der Waals surface area contributed by atoms with Gasteiger partial charge < -0.3 is 14.2 Å². The highest BCUT2D eigenvalue weighted by Crippen LogP contribution is 2.27. The van der Waals surface area contributed by atoms with Gasteiger partial charge in [0, 0.05) is 23.1 Å². The van der Waals surface area contributed by atoms with Crippen LogP contribution in [0.4, 0.5) is 0 Å². The monoisotopic (exact) mass is 410 g/mol. The Morgan fingerprint density at radius 3 is 2.63 bits per heavy atom. The SMILES string of the molecule is COc1ccc(/C=N\NC(=O)CCCOc2ccc(Cl)cc2Cl)c(OC)c1. The summed E-state index contributed by atoms with van der Waals surface area (Å²) in [5.41, 5.74) is 3.19. The molecule has 0 aliphatic carbocycles. The van der Waals surface area contributed by atoms with E-state index in [2.05, 4.69) is 10.5 Å². The lowest BCUT2D eigenvalue weighted by Crippen LogP contribution is -2.18. The smallest absolute Gasteiger partial charge is 0.240 e. The molecular formula is C19H20Cl2N2O4. The van der Waals surface area contributed by atoms with Gasteiger partial charge in [-0.2, -0.15) is 5.10 Å². The Labute approximate surface area is 168 Å². The van der Waals surface area contributed by atoms with Gasteiger partial charge in [0.2, 0.25) is 5.91 Å². The number of nitrogens with one attached hydrogen (secondary N) is 1. The summed E-state index contributed by atoms with van der Waals surface area (Å²) >= 11 is 11.8. The molecule has 27 heavy (non-hydrogen) atoms. The maximum atomic E-state index is 11.8. The highest BCUT2D eigenvalue weighted by atomic mass is 35.5. The van der Waals surface area contributed by atoms with Crippen LogP contribution in [0.1, 0.15) is 18.4 Å². The van der Waals surface area contributed by atoms with Gasteiger partial charge in [0.1, 0.15) is 17.2 Å². The van der Waals surface area contributed by atoms with Crippen LogP contribution >= 0.6 is 23.2 Å². The second-order valence-corrected chi connectivity index (χ2v) is 6.27. The van der Waals surface area contributed by atoms with Crippen LogP contribution in [-0.2, 0) is 4.79 Å². The van der Waals surface area contributed by atoms with Gasteiger partial charge in [-0.3, -0.25) is 4.79 Å². The van der Waals surface area contributed by atoms with Crippen LogP contribution in [-0.4, -0.2) is 32.9 Å².